The number of pyridine rings is 1. The Morgan fingerprint density at radius 1 is 1.10 bits per heavy atom. The Morgan fingerprint density at radius 3 is 2.57 bits per heavy atom. The normalized spacial score (nSPS) is 21.9. The highest BCUT2D eigenvalue weighted by atomic mass is 16.6. The maximum absolute atomic E-state index is 14.7. The van der Waals surface area contributed by atoms with Crippen LogP contribution < -0.4 is 10.7 Å². The number of likely N-dealkylation sites (tertiary alicyclic amines) is 1. The SMILES string of the molecule is C#CC(=O)N1CC[C@H](C(=O)N(C)[C@H](C(=O)N[C@H]2Cc3cc(O)cc(c3)-c3ccc4c(c3)c(c(-c3cnccc3[C@H](C)OC)n4CC)CC(C)(C)COC(=O)[C@@]3(O)CCCN(N3)C2=O)C(C)C)C1. The molecular weight excluding hydrogens is 855 g/mol. The van der Waals surface area contributed by atoms with E-state index >= 15 is 0 Å². The van der Waals surface area contributed by atoms with Crippen molar-refractivity contribution >= 4 is 40.5 Å². The van der Waals surface area contributed by atoms with Gasteiger partial charge in [-0.2, -0.15) is 5.43 Å². The third-order valence-corrected chi connectivity index (χ3v) is 13.5. The van der Waals surface area contributed by atoms with Gasteiger partial charge in [-0.25, -0.2) is 4.79 Å². The predicted octanol–water partition coefficient (Wildman–Crippen LogP) is 4.74. The number of phenols is 1. The van der Waals surface area contributed by atoms with Crippen molar-refractivity contribution in [1.29, 1.82) is 0 Å². The molecule has 0 radical (unpaired) electrons. The standard InChI is InChI=1S/C51H63N7O9/c1-10-43(60)56-20-16-34(28-56)47(62)55(8)44(30(3)4)46(61)53-41-23-32-21-35(24-36(59)22-32)33-13-14-42-38(25-33)39(45(57(42)11-2)40-27-52-18-15-37(40)31(5)66-9)26-50(6,7)29-67-49(64)51(65)17-12-19-58(54-51)48(41)63/h1,13-15,18,21-22,24-25,27,30-31,34,41,44,54,59,65H,11-12,16-17,19-20,23,26,28-29H2,2-9H3,(H,53,61)/t31-,34-,41-,44-,51-/m0/s1. The topological polar surface area (TPSA) is 196 Å². The van der Waals surface area contributed by atoms with Crippen LogP contribution in [0.1, 0.15) is 83.6 Å². The summed E-state index contributed by atoms with van der Waals surface area (Å²) in [6, 6.07) is 10.8. The van der Waals surface area contributed by atoms with E-state index in [1.165, 1.54) is 22.9 Å². The Labute approximate surface area is 391 Å². The van der Waals surface area contributed by atoms with E-state index < -0.39 is 58.8 Å². The van der Waals surface area contributed by atoms with E-state index in [2.05, 4.69) is 39.2 Å². The molecular formula is C51H63N7O9. The number of hydrogen-bond acceptors (Lipinski definition) is 11. The summed E-state index contributed by atoms with van der Waals surface area (Å²) in [6.07, 6.45) is 9.58. The van der Waals surface area contributed by atoms with Gasteiger partial charge in [0, 0.05) is 87.5 Å². The molecule has 4 aromatic rings. The molecule has 7 rings (SSSR count). The number of nitrogens with one attached hydrogen (secondary N) is 2. The second kappa shape index (κ2) is 19.5. The molecule has 0 spiro atoms. The van der Waals surface area contributed by atoms with Crippen LogP contribution in [0.2, 0.25) is 0 Å². The lowest BCUT2D eigenvalue weighted by Gasteiger charge is -2.40. The number of aromatic hydroxyl groups is 1. The van der Waals surface area contributed by atoms with Gasteiger partial charge in [-0.3, -0.25) is 29.2 Å². The summed E-state index contributed by atoms with van der Waals surface area (Å²) in [5, 5.41) is 28.2. The lowest BCUT2D eigenvalue weighted by Crippen LogP contribution is -2.67. The first-order valence-electron chi connectivity index (χ1n) is 23.1. The van der Waals surface area contributed by atoms with Gasteiger partial charge in [0.15, 0.2) is 0 Å². The van der Waals surface area contributed by atoms with Crippen molar-refractivity contribution in [3.8, 4) is 40.5 Å². The minimum absolute atomic E-state index is 0.0464. The Balaban J connectivity index is 1.33. The Bertz CT molecular complexity index is 2620. The number of phenolic OH excluding ortho intramolecular Hbond substituents is 1. The number of fused-ring (bicyclic) bond motifs is 6. The number of likely N-dealkylation sites (N-methyl/N-ethyl adjacent to an activating group) is 1. The van der Waals surface area contributed by atoms with Crippen molar-refractivity contribution < 1.29 is 43.7 Å². The largest absolute Gasteiger partial charge is 0.508 e. The molecule has 2 aromatic carbocycles. The van der Waals surface area contributed by atoms with Gasteiger partial charge >= 0.3 is 5.97 Å². The molecule has 4 amide bonds. The summed E-state index contributed by atoms with van der Waals surface area (Å²) in [4.78, 5) is 76.7. The van der Waals surface area contributed by atoms with E-state index in [0.717, 1.165) is 43.9 Å². The molecule has 16 heteroatoms. The molecule has 0 aliphatic carbocycles. The number of rotatable bonds is 9. The summed E-state index contributed by atoms with van der Waals surface area (Å²) in [5.41, 5.74) is 6.51. The molecule has 6 bridgehead atoms. The molecule has 2 fully saturated rings. The van der Waals surface area contributed by atoms with Gasteiger partial charge in [0.2, 0.25) is 17.5 Å². The monoisotopic (exact) mass is 917 g/mol. The van der Waals surface area contributed by atoms with Crippen LogP contribution >= 0.6 is 0 Å². The van der Waals surface area contributed by atoms with Gasteiger partial charge in [0.05, 0.1) is 24.3 Å². The first-order valence-corrected chi connectivity index (χ1v) is 23.1. The molecule has 3 aliphatic rings. The van der Waals surface area contributed by atoms with Crippen LogP contribution in [0.25, 0.3) is 33.3 Å². The highest BCUT2D eigenvalue weighted by Gasteiger charge is 2.46. The third kappa shape index (κ3) is 9.91. The van der Waals surface area contributed by atoms with Crippen LogP contribution in [0.3, 0.4) is 0 Å². The molecule has 5 atom stereocenters. The number of ether oxygens (including phenoxy) is 2. The zero-order chi connectivity index (χ0) is 48.5. The molecule has 5 heterocycles. The van der Waals surface area contributed by atoms with Gasteiger partial charge < -0.3 is 39.4 Å². The number of hydrogen-bond donors (Lipinski definition) is 4. The average Bonchev–Trinajstić information content (AvgIpc) is 3.92. The van der Waals surface area contributed by atoms with Gasteiger partial charge in [0.25, 0.3) is 11.8 Å². The van der Waals surface area contributed by atoms with Crippen LogP contribution in [0.5, 0.6) is 5.75 Å². The van der Waals surface area contributed by atoms with Crippen LogP contribution in [0.4, 0.5) is 0 Å². The zero-order valence-electron chi connectivity index (χ0n) is 39.7. The van der Waals surface area contributed by atoms with E-state index in [-0.39, 0.29) is 56.7 Å². The number of methoxy groups -OCH3 is 1. The van der Waals surface area contributed by atoms with Crippen LogP contribution in [0, 0.1) is 29.6 Å². The number of aromatic nitrogens is 2. The number of hydrazine groups is 1. The first-order chi connectivity index (χ1) is 31.8. The second-order valence-electron chi connectivity index (χ2n) is 19.3. The molecule has 4 N–H and O–H groups in total. The molecule has 67 heavy (non-hydrogen) atoms. The Hall–Kier alpha value is -6.28. The summed E-state index contributed by atoms with van der Waals surface area (Å²) >= 11 is 0. The summed E-state index contributed by atoms with van der Waals surface area (Å²) in [5.74, 6) is -2.01. The zero-order valence-corrected chi connectivity index (χ0v) is 39.7. The molecule has 2 saturated heterocycles. The number of benzene rings is 2. The minimum Gasteiger partial charge on any atom is -0.508 e. The fourth-order valence-electron chi connectivity index (χ4n) is 9.98. The molecule has 3 aliphatic heterocycles. The number of carbonyl (C=O) groups excluding carboxylic acids is 5. The number of nitrogens with zero attached hydrogens (tertiary/aromatic N) is 5. The molecule has 0 unspecified atom stereocenters. The minimum atomic E-state index is -2.27. The fourth-order valence-corrected chi connectivity index (χ4v) is 9.98. The maximum atomic E-state index is 14.7. The molecule has 356 valence electrons. The highest BCUT2D eigenvalue weighted by Crippen LogP contribution is 2.42. The van der Waals surface area contributed by atoms with Gasteiger partial charge in [-0.15, -0.1) is 6.42 Å². The number of esters is 1. The number of amides is 4. The number of cyclic esters (lactones) is 1. The van der Waals surface area contributed by atoms with Crippen molar-refractivity contribution in [1.82, 2.24) is 35.1 Å². The Kier molecular flexibility index (Phi) is 14.2. The second-order valence-corrected chi connectivity index (χ2v) is 19.3. The van der Waals surface area contributed by atoms with Crippen molar-refractivity contribution in [2.75, 3.05) is 40.4 Å². The number of terminal acetylenes is 1. The van der Waals surface area contributed by atoms with Gasteiger partial charge in [-0.1, -0.05) is 39.8 Å². The number of aliphatic hydroxyl groups is 1. The van der Waals surface area contributed by atoms with Crippen LogP contribution in [0.15, 0.2) is 54.9 Å². The quantitative estimate of drug-likeness (QED) is 0.134. The maximum Gasteiger partial charge on any atom is 0.355 e. The van der Waals surface area contributed by atoms with Crippen molar-refractivity contribution in [3.05, 3.63) is 71.5 Å². The van der Waals surface area contributed by atoms with Gasteiger partial charge in [0.1, 0.15) is 17.8 Å². The lowest BCUT2D eigenvalue weighted by atomic mass is 9.84. The van der Waals surface area contributed by atoms with Crippen molar-refractivity contribution in [3.63, 3.8) is 0 Å². The number of carbonyl (C=O) groups is 5. The van der Waals surface area contributed by atoms with Crippen molar-refractivity contribution in [2.24, 2.45) is 17.3 Å². The summed E-state index contributed by atoms with van der Waals surface area (Å²) < 4.78 is 14.0. The van der Waals surface area contributed by atoms with E-state index in [0.29, 0.717) is 37.1 Å². The predicted molar refractivity (Wildman–Crippen MR) is 251 cm³/mol. The van der Waals surface area contributed by atoms with Gasteiger partial charge in [-0.05, 0) is 103 Å². The van der Waals surface area contributed by atoms with E-state index in [1.807, 2.05) is 51.2 Å². The van der Waals surface area contributed by atoms with E-state index in [4.69, 9.17) is 15.9 Å². The summed E-state index contributed by atoms with van der Waals surface area (Å²) in [7, 11) is 3.20. The smallest absolute Gasteiger partial charge is 0.355 e. The first kappa shape index (κ1) is 48.6. The Morgan fingerprint density at radius 2 is 1.87 bits per heavy atom. The molecule has 16 nitrogen and oxygen atoms in total. The van der Waals surface area contributed by atoms with Crippen molar-refractivity contribution in [2.45, 2.75) is 104 Å². The molecule has 0 saturated carbocycles. The van der Waals surface area contributed by atoms with Crippen LogP contribution in [-0.2, 0) is 52.8 Å². The fraction of sp³-hybridized carbons (Fsp3) is 0.490. The lowest BCUT2D eigenvalue weighted by molar-refractivity contribution is -0.189. The van der Waals surface area contributed by atoms with E-state index in [1.54, 1.807) is 33.2 Å². The number of aryl methyl sites for hydroxylation is 1. The highest BCUT2D eigenvalue weighted by molar-refractivity contribution is 5.97. The summed E-state index contributed by atoms with van der Waals surface area (Å²) in [6.45, 7) is 12.7. The molecule has 2 aromatic heterocycles. The average molecular weight is 918 g/mol. The third-order valence-electron chi connectivity index (χ3n) is 13.5. The van der Waals surface area contributed by atoms with E-state index in [9.17, 15) is 34.2 Å². The van der Waals surface area contributed by atoms with Crippen LogP contribution in [-0.4, -0.2) is 122 Å².